The Morgan fingerprint density at radius 2 is 2.04 bits per heavy atom. The smallest absolute Gasteiger partial charge is 0.333 e. The van der Waals surface area contributed by atoms with Crippen molar-refractivity contribution >= 4 is 17.7 Å². The van der Waals surface area contributed by atoms with E-state index in [2.05, 4.69) is 11.1 Å². The minimum atomic E-state index is -0.807. The maximum atomic E-state index is 13.0. The molecule has 4 unspecified atom stereocenters. The van der Waals surface area contributed by atoms with Crippen LogP contribution >= 0.6 is 11.8 Å². The molecular formula is C23H28FNO2S. The topological polar surface area (TPSA) is 40.5 Å². The van der Waals surface area contributed by atoms with E-state index in [1.807, 2.05) is 6.08 Å². The molecule has 1 aromatic rings. The summed E-state index contributed by atoms with van der Waals surface area (Å²) in [7, 11) is 0. The Morgan fingerprint density at radius 1 is 1.21 bits per heavy atom. The number of thioether (sulfide) groups is 1. The molecule has 3 aliphatic rings. The fraction of sp³-hybridized carbons (Fsp3) is 0.522. The predicted octanol–water partition coefficient (Wildman–Crippen LogP) is 5.34. The Hall–Kier alpha value is -1.75. The van der Waals surface area contributed by atoms with Crippen LogP contribution in [0.25, 0.3) is 0 Å². The Labute approximate surface area is 170 Å². The number of hydrogen-bond acceptors (Lipinski definition) is 3. The summed E-state index contributed by atoms with van der Waals surface area (Å²) in [5.74, 6) is 2.34. The summed E-state index contributed by atoms with van der Waals surface area (Å²) in [6.07, 6.45) is 12.9. The van der Waals surface area contributed by atoms with E-state index in [0.717, 1.165) is 41.9 Å². The molecule has 2 bridgehead atoms. The van der Waals surface area contributed by atoms with Gasteiger partial charge in [-0.25, -0.2) is 9.18 Å². The van der Waals surface area contributed by atoms with E-state index >= 15 is 0 Å². The molecule has 2 fully saturated rings. The van der Waals surface area contributed by atoms with Crippen molar-refractivity contribution in [2.45, 2.75) is 49.5 Å². The molecule has 28 heavy (non-hydrogen) atoms. The first kappa shape index (κ1) is 19.6. The van der Waals surface area contributed by atoms with Crippen molar-refractivity contribution in [1.82, 2.24) is 4.90 Å². The maximum Gasteiger partial charge on any atom is 0.333 e. The van der Waals surface area contributed by atoms with Crippen LogP contribution in [0.3, 0.4) is 0 Å². The van der Waals surface area contributed by atoms with Crippen LogP contribution in [-0.4, -0.2) is 34.3 Å². The minimum absolute atomic E-state index is 0.0459. The summed E-state index contributed by atoms with van der Waals surface area (Å²) < 4.78 is 13.0. The van der Waals surface area contributed by atoms with Crippen LogP contribution in [0.2, 0.25) is 0 Å². The molecule has 2 saturated carbocycles. The van der Waals surface area contributed by atoms with Gasteiger partial charge in [0.2, 0.25) is 0 Å². The lowest BCUT2D eigenvalue weighted by molar-refractivity contribution is -0.133. The van der Waals surface area contributed by atoms with Gasteiger partial charge >= 0.3 is 5.97 Å². The standard InChI is InChI=1S/C23H28FNO2S/c24-19-7-9-20(10-8-19)28-12-2-4-22-21(23(26)27)3-1-11-25(22)15-18-14-16-5-6-17(18)13-16/h1,3,7-11,16-18,22H,2,4-6,12-15H2,(H,26,27). The first-order valence-electron chi connectivity index (χ1n) is 10.4. The fourth-order valence-corrected chi connectivity index (χ4v) is 6.12. The molecule has 0 aromatic heterocycles. The first-order chi connectivity index (χ1) is 13.6. The monoisotopic (exact) mass is 401 g/mol. The van der Waals surface area contributed by atoms with E-state index in [1.54, 1.807) is 30.0 Å². The lowest BCUT2D eigenvalue weighted by atomic mass is 9.87. The number of halogens is 1. The van der Waals surface area contributed by atoms with Crippen molar-refractivity contribution in [1.29, 1.82) is 0 Å². The molecule has 1 aromatic carbocycles. The Bertz CT molecular complexity index is 760. The van der Waals surface area contributed by atoms with Gasteiger partial charge in [0.05, 0.1) is 11.6 Å². The molecule has 0 radical (unpaired) electrons. The highest BCUT2D eigenvalue weighted by molar-refractivity contribution is 7.99. The lowest BCUT2D eigenvalue weighted by Crippen LogP contribution is -2.40. The van der Waals surface area contributed by atoms with Crippen LogP contribution in [0.15, 0.2) is 53.1 Å². The highest BCUT2D eigenvalue weighted by Crippen LogP contribution is 2.48. The SMILES string of the molecule is O=C(O)C1=CC=CN(CC2CC3CCC2C3)C1CCCSc1ccc(F)cc1. The summed E-state index contributed by atoms with van der Waals surface area (Å²) in [6, 6.07) is 6.52. The number of nitrogens with zero attached hydrogens (tertiary/aromatic N) is 1. The molecule has 1 N–H and O–H groups in total. The molecule has 1 heterocycles. The van der Waals surface area contributed by atoms with Crippen molar-refractivity contribution in [2.75, 3.05) is 12.3 Å². The molecule has 3 nitrogen and oxygen atoms in total. The molecule has 4 rings (SSSR count). The molecule has 150 valence electrons. The van der Waals surface area contributed by atoms with Crippen LogP contribution in [0.4, 0.5) is 4.39 Å². The van der Waals surface area contributed by atoms with Gasteiger partial charge < -0.3 is 10.0 Å². The number of carbonyl (C=O) groups is 1. The van der Waals surface area contributed by atoms with Crippen molar-refractivity contribution in [3.05, 3.63) is 54.0 Å². The van der Waals surface area contributed by atoms with Crippen molar-refractivity contribution in [2.24, 2.45) is 17.8 Å². The maximum absolute atomic E-state index is 13.0. The third kappa shape index (κ3) is 4.45. The summed E-state index contributed by atoms with van der Waals surface area (Å²) in [4.78, 5) is 15.1. The number of rotatable bonds is 8. The average molecular weight is 402 g/mol. The van der Waals surface area contributed by atoms with Gasteiger partial charge in [-0.3, -0.25) is 0 Å². The summed E-state index contributed by atoms with van der Waals surface area (Å²) in [6.45, 7) is 0.984. The lowest BCUT2D eigenvalue weighted by Gasteiger charge is -2.37. The van der Waals surface area contributed by atoms with Gasteiger partial charge in [0, 0.05) is 11.4 Å². The van der Waals surface area contributed by atoms with Gasteiger partial charge in [0.25, 0.3) is 0 Å². The second-order valence-electron chi connectivity index (χ2n) is 8.36. The van der Waals surface area contributed by atoms with Crippen molar-refractivity contribution in [3.63, 3.8) is 0 Å². The van der Waals surface area contributed by atoms with Crippen LogP contribution in [-0.2, 0) is 4.79 Å². The van der Waals surface area contributed by atoms with Gasteiger partial charge in [-0.2, -0.15) is 0 Å². The largest absolute Gasteiger partial charge is 0.478 e. The number of allylic oxidation sites excluding steroid dienone is 2. The van der Waals surface area contributed by atoms with Crippen LogP contribution < -0.4 is 0 Å². The molecule has 0 spiro atoms. The minimum Gasteiger partial charge on any atom is -0.478 e. The number of benzene rings is 1. The number of fused-ring (bicyclic) bond motifs is 2. The van der Waals surface area contributed by atoms with E-state index in [1.165, 1.54) is 37.8 Å². The quantitative estimate of drug-likeness (QED) is 0.471. The molecule has 2 aliphatic carbocycles. The number of carboxylic acids is 1. The van der Waals surface area contributed by atoms with Crippen molar-refractivity contribution < 1.29 is 14.3 Å². The normalized spacial score (nSPS) is 28.6. The molecule has 5 heteroatoms. The summed E-state index contributed by atoms with van der Waals surface area (Å²) in [5, 5.41) is 9.68. The van der Waals surface area contributed by atoms with Gasteiger partial charge in [-0.1, -0.05) is 6.42 Å². The number of carboxylic acid groups (broad SMARTS) is 1. The van der Waals surface area contributed by atoms with Gasteiger partial charge in [0.15, 0.2) is 0 Å². The van der Waals surface area contributed by atoms with E-state index in [4.69, 9.17) is 0 Å². The zero-order valence-electron chi connectivity index (χ0n) is 16.1. The number of hydrogen-bond donors (Lipinski definition) is 1. The van der Waals surface area contributed by atoms with E-state index in [0.29, 0.717) is 11.5 Å². The molecule has 1 aliphatic heterocycles. The zero-order valence-corrected chi connectivity index (χ0v) is 16.9. The van der Waals surface area contributed by atoms with Crippen LogP contribution in [0.1, 0.15) is 38.5 Å². The third-order valence-corrected chi connectivity index (χ3v) is 7.69. The second-order valence-corrected chi connectivity index (χ2v) is 9.53. The summed E-state index contributed by atoms with van der Waals surface area (Å²) >= 11 is 1.70. The molecule has 0 saturated heterocycles. The van der Waals surface area contributed by atoms with Crippen LogP contribution in [0.5, 0.6) is 0 Å². The Morgan fingerprint density at radius 3 is 2.71 bits per heavy atom. The molecule has 0 amide bonds. The molecular weight excluding hydrogens is 373 g/mol. The van der Waals surface area contributed by atoms with Gasteiger partial charge in [-0.15, -0.1) is 11.8 Å². The van der Waals surface area contributed by atoms with Crippen LogP contribution in [0, 0.1) is 23.6 Å². The van der Waals surface area contributed by atoms with Gasteiger partial charge in [-0.05, 0) is 98.2 Å². The third-order valence-electron chi connectivity index (χ3n) is 6.59. The zero-order chi connectivity index (χ0) is 19.5. The predicted molar refractivity (Wildman–Crippen MR) is 111 cm³/mol. The van der Waals surface area contributed by atoms with Gasteiger partial charge in [0.1, 0.15) is 5.82 Å². The average Bonchev–Trinajstić information content (AvgIpc) is 3.30. The number of aliphatic carboxylic acids is 1. The van der Waals surface area contributed by atoms with Crippen molar-refractivity contribution in [3.8, 4) is 0 Å². The Kier molecular flexibility index (Phi) is 6.10. The van der Waals surface area contributed by atoms with E-state index in [-0.39, 0.29) is 11.9 Å². The van der Waals surface area contributed by atoms with E-state index in [9.17, 15) is 14.3 Å². The highest BCUT2D eigenvalue weighted by atomic mass is 32.2. The first-order valence-corrected chi connectivity index (χ1v) is 11.3. The van der Waals surface area contributed by atoms with E-state index < -0.39 is 5.97 Å². The summed E-state index contributed by atoms with van der Waals surface area (Å²) in [5.41, 5.74) is 0.512. The highest BCUT2D eigenvalue weighted by Gasteiger charge is 2.41. The Balaban J connectivity index is 1.34. The fourth-order valence-electron chi connectivity index (χ4n) is 5.24. The second kappa shape index (κ2) is 8.73. The molecule has 4 atom stereocenters.